The van der Waals surface area contributed by atoms with Gasteiger partial charge >= 0.3 is 0 Å². The summed E-state index contributed by atoms with van der Waals surface area (Å²) in [5, 5.41) is 19.7. The van der Waals surface area contributed by atoms with Crippen molar-refractivity contribution in [3.63, 3.8) is 0 Å². The summed E-state index contributed by atoms with van der Waals surface area (Å²) < 4.78 is 5.67. The lowest BCUT2D eigenvalue weighted by molar-refractivity contribution is 0.339. The van der Waals surface area contributed by atoms with Gasteiger partial charge in [0, 0.05) is 18.8 Å². The van der Waals surface area contributed by atoms with Crippen molar-refractivity contribution in [1.82, 2.24) is 10.6 Å². The fraction of sp³-hybridized carbons (Fsp3) is 0.200. The molecule has 1 unspecified atom stereocenters. The van der Waals surface area contributed by atoms with Gasteiger partial charge in [0.25, 0.3) is 0 Å². The SMILES string of the molecule is CCOc1cc(C2=CNC(Nc3ccccc3O)NC2)ccc1C#CN. The average Bonchev–Trinajstić information content (AvgIpc) is 2.66. The summed E-state index contributed by atoms with van der Waals surface area (Å²) in [7, 11) is 0. The van der Waals surface area contributed by atoms with Gasteiger partial charge in [0.15, 0.2) is 6.29 Å². The van der Waals surface area contributed by atoms with Crippen LogP contribution in [0.25, 0.3) is 5.57 Å². The Bertz CT molecular complexity index is 868. The van der Waals surface area contributed by atoms with Gasteiger partial charge in [0.2, 0.25) is 0 Å². The number of phenols is 1. The molecule has 0 spiro atoms. The van der Waals surface area contributed by atoms with E-state index in [9.17, 15) is 5.11 Å². The lowest BCUT2D eigenvalue weighted by atomic mass is 10.0. The van der Waals surface area contributed by atoms with Crippen molar-refractivity contribution in [2.24, 2.45) is 5.73 Å². The zero-order chi connectivity index (χ0) is 18.4. The number of ether oxygens (including phenoxy) is 1. The maximum atomic E-state index is 9.85. The molecule has 1 atom stereocenters. The number of aromatic hydroxyl groups is 1. The molecule has 0 saturated carbocycles. The molecule has 0 fully saturated rings. The predicted molar refractivity (Wildman–Crippen MR) is 103 cm³/mol. The van der Waals surface area contributed by atoms with E-state index < -0.39 is 0 Å². The number of nitrogens with two attached hydrogens (primary N) is 1. The Morgan fingerprint density at radius 2 is 2.15 bits per heavy atom. The number of rotatable bonds is 5. The Morgan fingerprint density at radius 1 is 1.31 bits per heavy atom. The highest BCUT2D eigenvalue weighted by Crippen LogP contribution is 2.26. The second-order valence-electron chi connectivity index (χ2n) is 5.72. The fourth-order valence-corrected chi connectivity index (χ4v) is 2.71. The van der Waals surface area contributed by atoms with Crippen LogP contribution in [-0.4, -0.2) is 24.5 Å². The summed E-state index contributed by atoms with van der Waals surface area (Å²) in [4.78, 5) is 0. The molecule has 2 aromatic carbocycles. The average molecular weight is 350 g/mol. The first-order valence-corrected chi connectivity index (χ1v) is 8.43. The van der Waals surface area contributed by atoms with Crippen molar-refractivity contribution in [3.8, 4) is 23.5 Å². The summed E-state index contributed by atoms with van der Waals surface area (Å²) in [5.74, 6) is 3.78. The molecule has 26 heavy (non-hydrogen) atoms. The van der Waals surface area contributed by atoms with Gasteiger partial charge in [0.1, 0.15) is 11.5 Å². The van der Waals surface area contributed by atoms with Crippen LogP contribution in [-0.2, 0) is 0 Å². The Hall–Kier alpha value is -3.30. The molecule has 0 aromatic heterocycles. The Balaban J connectivity index is 1.73. The van der Waals surface area contributed by atoms with Crippen molar-refractivity contribution in [1.29, 1.82) is 0 Å². The third-order valence-corrected chi connectivity index (χ3v) is 3.98. The molecule has 6 nitrogen and oxygen atoms in total. The molecule has 2 aromatic rings. The molecule has 6 N–H and O–H groups in total. The maximum absolute atomic E-state index is 9.85. The molecule has 1 aliphatic heterocycles. The quantitative estimate of drug-likeness (QED) is 0.322. The van der Waals surface area contributed by atoms with Crippen LogP contribution in [0.2, 0.25) is 0 Å². The molecule has 6 heteroatoms. The van der Waals surface area contributed by atoms with Gasteiger partial charge in [-0.25, -0.2) is 0 Å². The normalized spacial score (nSPS) is 15.9. The van der Waals surface area contributed by atoms with Crippen molar-refractivity contribution < 1.29 is 9.84 Å². The van der Waals surface area contributed by atoms with E-state index in [1.807, 2.05) is 43.5 Å². The monoisotopic (exact) mass is 350 g/mol. The highest BCUT2D eigenvalue weighted by atomic mass is 16.5. The number of phenolic OH excluding ortho intramolecular Hbond substituents is 1. The molecule has 0 saturated heterocycles. The van der Waals surface area contributed by atoms with E-state index in [0.29, 0.717) is 18.8 Å². The Labute approximate surface area is 153 Å². The molecular formula is C20H22N4O2. The molecule has 0 amide bonds. The third kappa shape index (κ3) is 4.02. The Morgan fingerprint density at radius 3 is 2.85 bits per heavy atom. The molecule has 1 aliphatic rings. The molecule has 0 radical (unpaired) electrons. The number of benzene rings is 2. The smallest absolute Gasteiger partial charge is 0.152 e. The highest BCUT2D eigenvalue weighted by molar-refractivity contribution is 5.70. The van der Waals surface area contributed by atoms with Gasteiger partial charge in [-0.1, -0.05) is 18.2 Å². The number of nitrogens with one attached hydrogen (secondary N) is 3. The minimum absolute atomic E-state index is 0.180. The fourth-order valence-electron chi connectivity index (χ4n) is 2.71. The van der Waals surface area contributed by atoms with Crippen LogP contribution in [0.15, 0.2) is 48.7 Å². The zero-order valence-corrected chi connectivity index (χ0v) is 14.5. The van der Waals surface area contributed by atoms with Crippen molar-refractivity contribution in [2.75, 3.05) is 18.5 Å². The van der Waals surface area contributed by atoms with Crippen LogP contribution in [0.5, 0.6) is 11.5 Å². The summed E-state index contributed by atoms with van der Waals surface area (Å²) in [5.41, 5.74) is 8.89. The van der Waals surface area contributed by atoms with Crippen LogP contribution in [0, 0.1) is 12.0 Å². The lowest BCUT2D eigenvalue weighted by Gasteiger charge is -2.27. The first-order chi connectivity index (χ1) is 12.7. The van der Waals surface area contributed by atoms with Crippen LogP contribution in [0.1, 0.15) is 18.1 Å². The molecule has 0 bridgehead atoms. The molecular weight excluding hydrogens is 328 g/mol. The molecule has 134 valence electrons. The predicted octanol–water partition coefficient (Wildman–Crippen LogP) is 1.99. The third-order valence-electron chi connectivity index (χ3n) is 3.98. The van der Waals surface area contributed by atoms with Crippen molar-refractivity contribution >= 4 is 11.3 Å². The van der Waals surface area contributed by atoms with Gasteiger partial charge in [0.05, 0.1) is 17.9 Å². The first-order valence-electron chi connectivity index (χ1n) is 8.43. The van der Waals surface area contributed by atoms with Crippen LogP contribution >= 0.6 is 0 Å². The minimum Gasteiger partial charge on any atom is -0.506 e. The van der Waals surface area contributed by atoms with Gasteiger partial charge in [-0.3, -0.25) is 5.32 Å². The topological polar surface area (TPSA) is 91.6 Å². The first kappa shape index (κ1) is 17.5. The van der Waals surface area contributed by atoms with Gasteiger partial charge < -0.3 is 26.2 Å². The van der Waals surface area contributed by atoms with E-state index in [1.165, 1.54) is 0 Å². The number of para-hydroxylation sites is 2. The van der Waals surface area contributed by atoms with E-state index in [0.717, 1.165) is 22.4 Å². The van der Waals surface area contributed by atoms with E-state index in [4.69, 9.17) is 10.5 Å². The maximum Gasteiger partial charge on any atom is 0.152 e. The lowest BCUT2D eigenvalue weighted by Crippen LogP contribution is -2.49. The zero-order valence-electron chi connectivity index (χ0n) is 14.5. The van der Waals surface area contributed by atoms with E-state index in [1.54, 1.807) is 12.1 Å². The van der Waals surface area contributed by atoms with Gasteiger partial charge in [-0.15, -0.1) is 0 Å². The van der Waals surface area contributed by atoms with Crippen LogP contribution in [0.3, 0.4) is 0 Å². The highest BCUT2D eigenvalue weighted by Gasteiger charge is 2.15. The molecule has 0 aliphatic carbocycles. The van der Waals surface area contributed by atoms with Gasteiger partial charge in [-0.05, 0) is 48.2 Å². The minimum atomic E-state index is -0.180. The summed E-state index contributed by atoms with van der Waals surface area (Å²) >= 11 is 0. The van der Waals surface area contributed by atoms with Crippen molar-refractivity contribution in [3.05, 3.63) is 59.8 Å². The summed E-state index contributed by atoms with van der Waals surface area (Å²) in [6.45, 7) is 3.15. The molecule has 3 rings (SSSR count). The Kier molecular flexibility index (Phi) is 5.52. The van der Waals surface area contributed by atoms with E-state index in [-0.39, 0.29) is 12.0 Å². The summed E-state index contributed by atoms with van der Waals surface area (Å²) in [6, 6.07) is 15.4. The number of hydrogen-bond donors (Lipinski definition) is 5. The second kappa shape index (κ2) is 8.19. The number of anilines is 1. The van der Waals surface area contributed by atoms with Crippen molar-refractivity contribution in [2.45, 2.75) is 13.2 Å². The largest absolute Gasteiger partial charge is 0.506 e. The van der Waals surface area contributed by atoms with Crippen LogP contribution in [0.4, 0.5) is 5.69 Å². The van der Waals surface area contributed by atoms with Crippen LogP contribution < -0.4 is 26.4 Å². The summed E-state index contributed by atoms with van der Waals surface area (Å²) in [6.07, 6.45) is 1.77. The second-order valence-corrected chi connectivity index (χ2v) is 5.72. The van der Waals surface area contributed by atoms with E-state index >= 15 is 0 Å². The molecule has 1 heterocycles. The van der Waals surface area contributed by atoms with E-state index in [2.05, 4.69) is 27.9 Å². The van der Waals surface area contributed by atoms with Gasteiger partial charge in [-0.2, -0.15) is 0 Å². The standard InChI is InChI=1S/C20H22N4O2/c1-2-26-19-11-15(8-7-14(19)9-10-21)16-12-22-20(23-13-16)24-17-5-3-4-6-18(17)25/h3-8,11-12,20,22-25H,2,13,21H2,1H3. The number of hydrogen-bond acceptors (Lipinski definition) is 6.